The first-order chi connectivity index (χ1) is 5.34. The highest BCUT2D eigenvalue weighted by molar-refractivity contribution is 7.99. The van der Waals surface area contributed by atoms with Crippen molar-refractivity contribution in [1.82, 2.24) is 0 Å². The van der Waals surface area contributed by atoms with Crippen LogP contribution in [0.15, 0.2) is 0 Å². The van der Waals surface area contributed by atoms with Gasteiger partial charge in [-0.25, -0.2) is 0 Å². The molecule has 0 unspecified atom stereocenters. The third-order valence-electron chi connectivity index (χ3n) is 2.26. The number of Topliss-reactive ketones (excluding diaryl/α,β-unsaturated/α-hetero) is 1. The molecule has 0 N–H and O–H groups in total. The maximum atomic E-state index is 11.4. The molecular formula is C9H16OS. The minimum atomic E-state index is 0.425. The Kier molecular flexibility index (Phi) is 3.98. The van der Waals surface area contributed by atoms with E-state index in [0.29, 0.717) is 11.7 Å². The van der Waals surface area contributed by atoms with Crippen LogP contribution in [0.5, 0.6) is 0 Å². The number of carbonyl (C=O) groups is 1. The van der Waals surface area contributed by atoms with Gasteiger partial charge in [0.2, 0.25) is 0 Å². The van der Waals surface area contributed by atoms with Gasteiger partial charge in [-0.1, -0.05) is 19.8 Å². The zero-order valence-corrected chi connectivity index (χ0v) is 7.95. The van der Waals surface area contributed by atoms with Gasteiger partial charge in [0.15, 0.2) is 0 Å². The summed E-state index contributed by atoms with van der Waals surface area (Å²) in [5.41, 5.74) is 0. The zero-order valence-electron chi connectivity index (χ0n) is 7.14. The lowest BCUT2D eigenvalue weighted by atomic mass is 10.0. The number of ketones is 1. The second-order valence-corrected chi connectivity index (χ2v) is 4.36. The minimum Gasteiger partial charge on any atom is -0.298 e. The lowest BCUT2D eigenvalue weighted by Gasteiger charge is -2.05. The molecule has 0 aromatic carbocycles. The van der Waals surface area contributed by atoms with E-state index in [1.165, 1.54) is 12.8 Å². The molecule has 1 fully saturated rings. The van der Waals surface area contributed by atoms with E-state index < -0.39 is 0 Å². The lowest BCUT2D eigenvalue weighted by Crippen LogP contribution is -2.12. The first kappa shape index (κ1) is 9.11. The SMILES string of the molecule is CCSCC(=O)C1CCCC1. The highest BCUT2D eigenvalue weighted by Gasteiger charge is 2.21. The molecule has 1 saturated carbocycles. The molecular weight excluding hydrogens is 156 g/mol. The van der Waals surface area contributed by atoms with Crippen LogP contribution in [-0.4, -0.2) is 17.3 Å². The van der Waals surface area contributed by atoms with Crippen molar-refractivity contribution in [3.8, 4) is 0 Å². The minimum absolute atomic E-state index is 0.425. The first-order valence-electron chi connectivity index (χ1n) is 4.45. The van der Waals surface area contributed by atoms with Crippen LogP contribution in [-0.2, 0) is 4.79 Å². The average molecular weight is 172 g/mol. The molecule has 0 amide bonds. The van der Waals surface area contributed by atoms with Crippen molar-refractivity contribution < 1.29 is 4.79 Å². The molecule has 0 spiro atoms. The molecule has 64 valence electrons. The number of thioether (sulfide) groups is 1. The molecule has 0 bridgehead atoms. The molecule has 0 heterocycles. The Balaban J connectivity index is 2.17. The van der Waals surface area contributed by atoms with Crippen molar-refractivity contribution in [3.05, 3.63) is 0 Å². The molecule has 1 nitrogen and oxygen atoms in total. The van der Waals surface area contributed by atoms with Gasteiger partial charge in [0, 0.05) is 5.92 Å². The monoisotopic (exact) mass is 172 g/mol. The number of hydrogen-bond donors (Lipinski definition) is 0. The topological polar surface area (TPSA) is 17.1 Å². The van der Waals surface area contributed by atoms with Gasteiger partial charge in [0.05, 0.1) is 5.75 Å². The van der Waals surface area contributed by atoms with Crippen molar-refractivity contribution in [2.45, 2.75) is 32.6 Å². The summed E-state index contributed by atoms with van der Waals surface area (Å²) in [6.07, 6.45) is 4.85. The Morgan fingerprint density at radius 2 is 2.09 bits per heavy atom. The van der Waals surface area contributed by atoms with Gasteiger partial charge >= 0.3 is 0 Å². The molecule has 2 heteroatoms. The average Bonchev–Trinajstić information content (AvgIpc) is 2.52. The summed E-state index contributed by atoms with van der Waals surface area (Å²) >= 11 is 1.75. The third-order valence-corrected chi connectivity index (χ3v) is 3.16. The highest BCUT2D eigenvalue weighted by atomic mass is 32.2. The van der Waals surface area contributed by atoms with Gasteiger partial charge in [0.1, 0.15) is 5.78 Å². The second kappa shape index (κ2) is 4.81. The van der Waals surface area contributed by atoms with Gasteiger partial charge in [-0.2, -0.15) is 11.8 Å². The molecule has 0 atom stereocenters. The largest absolute Gasteiger partial charge is 0.298 e. The standard InChI is InChI=1S/C9H16OS/c1-2-11-7-9(10)8-5-3-4-6-8/h8H,2-7H2,1H3. The quantitative estimate of drug-likeness (QED) is 0.648. The summed E-state index contributed by atoms with van der Waals surface area (Å²) in [4.78, 5) is 11.4. The van der Waals surface area contributed by atoms with Crippen LogP contribution >= 0.6 is 11.8 Å². The van der Waals surface area contributed by atoms with Crippen molar-refractivity contribution >= 4 is 17.5 Å². The van der Waals surface area contributed by atoms with Crippen molar-refractivity contribution in [2.75, 3.05) is 11.5 Å². The van der Waals surface area contributed by atoms with E-state index in [4.69, 9.17) is 0 Å². The zero-order chi connectivity index (χ0) is 8.10. The van der Waals surface area contributed by atoms with Crippen molar-refractivity contribution in [3.63, 3.8) is 0 Å². The molecule has 11 heavy (non-hydrogen) atoms. The fourth-order valence-corrected chi connectivity index (χ4v) is 2.21. The van der Waals surface area contributed by atoms with Crippen LogP contribution in [0.4, 0.5) is 0 Å². The van der Waals surface area contributed by atoms with Crippen LogP contribution in [0.3, 0.4) is 0 Å². The summed E-state index contributed by atoms with van der Waals surface area (Å²) < 4.78 is 0. The Hall–Kier alpha value is 0.0200. The highest BCUT2D eigenvalue weighted by Crippen LogP contribution is 2.26. The van der Waals surface area contributed by atoms with E-state index in [1.54, 1.807) is 11.8 Å². The summed E-state index contributed by atoms with van der Waals surface area (Å²) in [5.74, 6) is 2.74. The van der Waals surface area contributed by atoms with Crippen LogP contribution < -0.4 is 0 Å². The summed E-state index contributed by atoms with van der Waals surface area (Å²) in [7, 11) is 0. The molecule has 0 saturated heterocycles. The van der Waals surface area contributed by atoms with Crippen LogP contribution in [0.25, 0.3) is 0 Å². The Morgan fingerprint density at radius 3 is 2.64 bits per heavy atom. The van der Waals surface area contributed by atoms with Gasteiger partial charge in [-0.3, -0.25) is 4.79 Å². The predicted octanol–water partition coefficient (Wildman–Crippen LogP) is 2.50. The Morgan fingerprint density at radius 1 is 1.45 bits per heavy atom. The summed E-state index contributed by atoms with van der Waals surface area (Å²) in [6.45, 7) is 2.10. The molecule has 1 aliphatic rings. The van der Waals surface area contributed by atoms with Gasteiger partial charge in [-0.15, -0.1) is 0 Å². The van der Waals surface area contributed by atoms with E-state index in [-0.39, 0.29) is 0 Å². The third kappa shape index (κ3) is 2.86. The first-order valence-corrected chi connectivity index (χ1v) is 5.60. The molecule has 1 rings (SSSR count). The normalized spacial score (nSPS) is 19.0. The van der Waals surface area contributed by atoms with Crippen LogP contribution in [0.2, 0.25) is 0 Å². The van der Waals surface area contributed by atoms with Gasteiger partial charge in [-0.05, 0) is 18.6 Å². The molecule has 0 radical (unpaired) electrons. The molecule has 1 aliphatic carbocycles. The fourth-order valence-electron chi connectivity index (χ4n) is 1.57. The Labute approximate surface area is 72.9 Å². The molecule has 0 aromatic rings. The van der Waals surface area contributed by atoms with Crippen molar-refractivity contribution in [2.24, 2.45) is 5.92 Å². The van der Waals surface area contributed by atoms with E-state index in [0.717, 1.165) is 24.3 Å². The van der Waals surface area contributed by atoms with Gasteiger partial charge < -0.3 is 0 Å². The number of carbonyl (C=O) groups excluding carboxylic acids is 1. The second-order valence-electron chi connectivity index (χ2n) is 3.08. The van der Waals surface area contributed by atoms with E-state index in [1.807, 2.05) is 0 Å². The van der Waals surface area contributed by atoms with E-state index in [2.05, 4.69) is 6.92 Å². The summed E-state index contributed by atoms with van der Waals surface area (Å²) in [5, 5.41) is 0. The maximum absolute atomic E-state index is 11.4. The summed E-state index contributed by atoms with van der Waals surface area (Å²) in [6, 6.07) is 0. The van der Waals surface area contributed by atoms with Gasteiger partial charge in [0.25, 0.3) is 0 Å². The van der Waals surface area contributed by atoms with E-state index in [9.17, 15) is 4.79 Å². The lowest BCUT2D eigenvalue weighted by molar-refractivity contribution is -0.120. The van der Waals surface area contributed by atoms with Crippen molar-refractivity contribution in [1.29, 1.82) is 0 Å². The van der Waals surface area contributed by atoms with E-state index >= 15 is 0 Å². The smallest absolute Gasteiger partial charge is 0.145 e. The fraction of sp³-hybridized carbons (Fsp3) is 0.889. The number of rotatable bonds is 4. The molecule has 0 aromatic heterocycles. The maximum Gasteiger partial charge on any atom is 0.145 e. The van der Waals surface area contributed by atoms with Crippen LogP contribution in [0.1, 0.15) is 32.6 Å². The van der Waals surface area contributed by atoms with Crippen LogP contribution in [0, 0.1) is 5.92 Å². The predicted molar refractivity (Wildman–Crippen MR) is 50.0 cm³/mol. The Bertz CT molecular complexity index is 128. The number of hydrogen-bond acceptors (Lipinski definition) is 2. The molecule has 0 aliphatic heterocycles.